The highest BCUT2D eigenvalue weighted by Crippen LogP contribution is 2.44. The van der Waals surface area contributed by atoms with E-state index in [0.717, 1.165) is 29.5 Å². The third-order valence-corrected chi connectivity index (χ3v) is 6.03. The first-order chi connectivity index (χ1) is 14.2. The van der Waals surface area contributed by atoms with Gasteiger partial charge in [-0.2, -0.15) is 0 Å². The molecule has 0 saturated heterocycles. The van der Waals surface area contributed by atoms with Gasteiger partial charge in [0.1, 0.15) is 5.82 Å². The first kappa shape index (κ1) is 20.4. The molecule has 0 bridgehead atoms. The third-order valence-electron chi connectivity index (χ3n) is 5.74. The van der Waals surface area contributed by atoms with Crippen molar-refractivity contribution in [1.29, 1.82) is 0 Å². The Balaban J connectivity index is 1.75. The summed E-state index contributed by atoms with van der Waals surface area (Å²) in [5, 5.41) is 4.21. The lowest BCUT2D eigenvalue weighted by molar-refractivity contribution is 0.163. The number of benzene rings is 2. The molecule has 0 unspecified atom stereocenters. The number of anilines is 1. The molecule has 2 aromatic carbocycles. The lowest BCUT2D eigenvalue weighted by Gasteiger charge is -2.41. The van der Waals surface area contributed by atoms with Gasteiger partial charge in [-0.15, -0.1) is 0 Å². The first-order valence-corrected chi connectivity index (χ1v) is 10.2. The Bertz CT molecular complexity index is 1200. The molecule has 0 radical (unpaired) electrons. The fourth-order valence-electron chi connectivity index (χ4n) is 4.30. The zero-order chi connectivity index (χ0) is 21.6. The lowest BCUT2D eigenvalue weighted by atomic mass is 9.72. The summed E-state index contributed by atoms with van der Waals surface area (Å²) in [4.78, 5) is 30.3. The van der Waals surface area contributed by atoms with E-state index in [1.807, 2.05) is 18.2 Å². The number of halogens is 2. The number of pyridine rings is 1. The predicted molar refractivity (Wildman–Crippen MR) is 118 cm³/mol. The average Bonchev–Trinajstić information content (AvgIpc) is 2.69. The zero-order valence-corrected chi connectivity index (χ0v) is 17.8. The van der Waals surface area contributed by atoms with E-state index in [1.165, 1.54) is 18.2 Å². The van der Waals surface area contributed by atoms with Gasteiger partial charge in [0.2, 0.25) is 0 Å². The van der Waals surface area contributed by atoms with Crippen LogP contribution in [0.25, 0.3) is 10.8 Å². The van der Waals surface area contributed by atoms with Crippen molar-refractivity contribution >= 4 is 34.1 Å². The number of aromatic amines is 1. The second kappa shape index (κ2) is 7.43. The van der Waals surface area contributed by atoms with Crippen molar-refractivity contribution in [3.05, 3.63) is 74.9 Å². The molecule has 1 heterocycles. The molecule has 0 saturated carbocycles. The minimum atomic E-state index is -0.540. The van der Waals surface area contributed by atoms with Crippen LogP contribution < -0.4 is 10.9 Å². The van der Waals surface area contributed by atoms with E-state index in [4.69, 9.17) is 11.6 Å². The number of H-pyrrole nitrogens is 1. The molecule has 1 aliphatic carbocycles. The van der Waals surface area contributed by atoms with Crippen molar-refractivity contribution < 1.29 is 9.18 Å². The first-order valence-electron chi connectivity index (χ1n) is 9.79. The van der Waals surface area contributed by atoms with Gasteiger partial charge in [-0.25, -0.2) is 9.18 Å². The fraction of sp³-hybridized carbons (Fsp3) is 0.304. The zero-order valence-electron chi connectivity index (χ0n) is 17.1. The summed E-state index contributed by atoms with van der Waals surface area (Å²) >= 11 is 5.84. The second-order valence-electron chi connectivity index (χ2n) is 8.62. The number of nitrogens with zero attached hydrogens (tertiary/aromatic N) is 1. The Hall–Kier alpha value is -2.86. The molecule has 2 N–H and O–H groups in total. The van der Waals surface area contributed by atoms with Gasteiger partial charge in [0.15, 0.2) is 0 Å². The molecule has 30 heavy (non-hydrogen) atoms. The molecule has 5 nitrogen and oxygen atoms in total. The summed E-state index contributed by atoms with van der Waals surface area (Å²) in [5.74, 6) is -0.540. The standard InChI is InChI=1S/C23H23ClFN3O2/c1-23(2)11-18-20(14-6-4-5-7-15(14)21(29)27-18)19(12-23)28(3)22(30)26-13-8-9-17(25)16(24)10-13/h4-10,19H,11-12H2,1-3H3,(H,26,30)(H,27,29)/t19-/m0/s1. The molecule has 1 atom stereocenters. The summed E-state index contributed by atoms with van der Waals surface area (Å²) in [6.45, 7) is 4.25. The molecule has 0 aliphatic heterocycles. The van der Waals surface area contributed by atoms with Crippen LogP contribution in [-0.4, -0.2) is 23.0 Å². The topological polar surface area (TPSA) is 65.2 Å². The van der Waals surface area contributed by atoms with E-state index < -0.39 is 5.82 Å². The number of carbonyl (C=O) groups is 1. The number of hydrogen-bond acceptors (Lipinski definition) is 2. The molecule has 2 amide bonds. The monoisotopic (exact) mass is 427 g/mol. The SMILES string of the molecule is CN(C(=O)Nc1ccc(F)c(Cl)c1)[C@H]1CC(C)(C)Cc2[nH]c(=O)c3ccccc3c21. The van der Waals surface area contributed by atoms with Gasteiger partial charge >= 0.3 is 6.03 Å². The van der Waals surface area contributed by atoms with Gasteiger partial charge in [-0.05, 0) is 47.9 Å². The van der Waals surface area contributed by atoms with Crippen LogP contribution in [0.15, 0.2) is 47.3 Å². The van der Waals surface area contributed by atoms with E-state index in [9.17, 15) is 14.0 Å². The van der Waals surface area contributed by atoms with E-state index in [2.05, 4.69) is 24.1 Å². The third kappa shape index (κ3) is 3.67. The number of carbonyl (C=O) groups excluding carboxylic acids is 1. The van der Waals surface area contributed by atoms with Crippen molar-refractivity contribution in [3.63, 3.8) is 0 Å². The van der Waals surface area contributed by atoms with Crippen molar-refractivity contribution in [1.82, 2.24) is 9.88 Å². The van der Waals surface area contributed by atoms with Crippen LogP contribution in [0.5, 0.6) is 0 Å². The van der Waals surface area contributed by atoms with Crippen LogP contribution in [0.4, 0.5) is 14.9 Å². The largest absolute Gasteiger partial charge is 0.325 e. The summed E-state index contributed by atoms with van der Waals surface area (Å²) in [7, 11) is 1.73. The van der Waals surface area contributed by atoms with Gasteiger partial charge in [0.25, 0.3) is 5.56 Å². The van der Waals surface area contributed by atoms with Crippen molar-refractivity contribution in [2.75, 3.05) is 12.4 Å². The van der Waals surface area contributed by atoms with Crippen molar-refractivity contribution in [3.8, 4) is 0 Å². The molecule has 156 valence electrons. The molecule has 0 spiro atoms. The van der Waals surface area contributed by atoms with E-state index in [0.29, 0.717) is 11.1 Å². The fourth-order valence-corrected chi connectivity index (χ4v) is 4.48. The Kier molecular flexibility index (Phi) is 5.06. The highest BCUT2D eigenvalue weighted by molar-refractivity contribution is 6.31. The van der Waals surface area contributed by atoms with Crippen LogP contribution in [0.2, 0.25) is 5.02 Å². The number of urea groups is 1. The van der Waals surface area contributed by atoms with Crippen molar-refractivity contribution in [2.24, 2.45) is 5.41 Å². The normalized spacial score (nSPS) is 17.4. The molecular formula is C23H23ClFN3O2. The minimum absolute atomic E-state index is 0.0526. The maximum absolute atomic E-state index is 13.4. The highest BCUT2D eigenvalue weighted by atomic mass is 35.5. The molecule has 0 fully saturated rings. The molecule has 7 heteroatoms. The van der Waals surface area contributed by atoms with Crippen LogP contribution >= 0.6 is 11.6 Å². The van der Waals surface area contributed by atoms with Crippen LogP contribution in [0.1, 0.15) is 37.6 Å². The number of amides is 2. The average molecular weight is 428 g/mol. The lowest BCUT2D eigenvalue weighted by Crippen LogP contribution is -2.41. The maximum atomic E-state index is 13.4. The van der Waals surface area contributed by atoms with Crippen LogP contribution in [-0.2, 0) is 6.42 Å². The van der Waals surface area contributed by atoms with Gasteiger partial charge in [0, 0.05) is 29.4 Å². The Labute approximate surface area is 178 Å². The predicted octanol–water partition coefficient (Wildman–Crippen LogP) is 5.50. The molecule has 4 rings (SSSR count). The summed E-state index contributed by atoms with van der Waals surface area (Å²) in [5.41, 5.74) is 2.04. The van der Waals surface area contributed by atoms with Crippen LogP contribution in [0, 0.1) is 11.2 Å². The Morgan fingerprint density at radius 2 is 1.93 bits per heavy atom. The minimum Gasteiger partial charge on any atom is -0.325 e. The maximum Gasteiger partial charge on any atom is 0.322 e. The number of fused-ring (bicyclic) bond motifs is 3. The molecule has 1 aromatic heterocycles. The van der Waals surface area contributed by atoms with Gasteiger partial charge < -0.3 is 15.2 Å². The number of hydrogen-bond donors (Lipinski definition) is 2. The van der Waals surface area contributed by atoms with E-state index in [-0.39, 0.29) is 28.1 Å². The molecular weight excluding hydrogens is 405 g/mol. The summed E-state index contributed by atoms with van der Waals surface area (Å²) in [6.07, 6.45) is 1.46. The highest BCUT2D eigenvalue weighted by Gasteiger charge is 2.37. The van der Waals surface area contributed by atoms with E-state index >= 15 is 0 Å². The number of nitrogens with one attached hydrogen (secondary N) is 2. The summed E-state index contributed by atoms with van der Waals surface area (Å²) in [6, 6.07) is 11.0. The number of rotatable bonds is 2. The summed E-state index contributed by atoms with van der Waals surface area (Å²) < 4.78 is 13.4. The number of aromatic nitrogens is 1. The Morgan fingerprint density at radius 1 is 1.23 bits per heavy atom. The smallest absolute Gasteiger partial charge is 0.322 e. The second-order valence-corrected chi connectivity index (χ2v) is 9.03. The Morgan fingerprint density at radius 3 is 2.63 bits per heavy atom. The van der Waals surface area contributed by atoms with Crippen molar-refractivity contribution in [2.45, 2.75) is 32.7 Å². The van der Waals surface area contributed by atoms with Crippen LogP contribution in [0.3, 0.4) is 0 Å². The van der Waals surface area contributed by atoms with Gasteiger partial charge in [-0.1, -0.05) is 43.6 Å². The quantitative estimate of drug-likeness (QED) is 0.567. The molecule has 3 aromatic rings. The van der Waals surface area contributed by atoms with Gasteiger partial charge in [0.05, 0.1) is 11.1 Å². The van der Waals surface area contributed by atoms with Gasteiger partial charge in [-0.3, -0.25) is 4.79 Å². The molecule has 1 aliphatic rings. The van der Waals surface area contributed by atoms with E-state index in [1.54, 1.807) is 18.0 Å².